The summed E-state index contributed by atoms with van der Waals surface area (Å²) in [6, 6.07) is 6.85. The van der Waals surface area contributed by atoms with Crippen molar-refractivity contribution in [1.82, 2.24) is 5.32 Å². The lowest BCUT2D eigenvalue weighted by Crippen LogP contribution is -2.15. The number of nitrogens with one attached hydrogen (secondary N) is 1. The van der Waals surface area contributed by atoms with Gasteiger partial charge in [-0.1, -0.05) is 26.8 Å². The van der Waals surface area contributed by atoms with Crippen molar-refractivity contribution in [3.8, 4) is 0 Å². The fraction of sp³-hybridized carbons (Fsp3) is 0.529. The highest BCUT2D eigenvalue weighted by Crippen LogP contribution is 2.34. The predicted molar refractivity (Wildman–Crippen MR) is 81.7 cm³/mol. The van der Waals surface area contributed by atoms with Crippen molar-refractivity contribution < 1.29 is 4.42 Å². The smallest absolute Gasteiger partial charge is 0.134 e. The molecule has 1 N–H and O–H groups in total. The maximum atomic E-state index is 5.99. The van der Waals surface area contributed by atoms with Crippen molar-refractivity contribution in [1.29, 1.82) is 0 Å². The molecule has 0 bridgehead atoms. The zero-order valence-electron chi connectivity index (χ0n) is 12.9. The first-order valence-electron chi connectivity index (χ1n) is 7.11. The van der Waals surface area contributed by atoms with Crippen LogP contribution in [0.2, 0.25) is 0 Å². The minimum atomic E-state index is 0.215. The Morgan fingerprint density at radius 1 is 1.32 bits per heavy atom. The molecule has 1 unspecified atom stereocenters. The maximum absolute atomic E-state index is 5.99. The number of rotatable bonds is 4. The van der Waals surface area contributed by atoms with Gasteiger partial charge >= 0.3 is 0 Å². The van der Waals surface area contributed by atoms with Crippen LogP contribution in [0.4, 0.5) is 0 Å². The minimum Gasteiger partial charge on any atom is -0.459 e. The number of furan rings is 1. The monoisotopic (exact) mass is 259 g/mol. The van der Waals surface area contributed by atoms with Crippen LogP contribution in [0.25, 0.3) is 11.0 Å². The summed E-state index contributed by atoms with van der Waals surface area (Å²) < 4.78 is 5.99. The first-order valence-corrected chi connectivity index (χ1v) is 7.11. The van der Waals surface area contributed by atoms with Crippen LogP contribution in [0.5, 0.6) is 0 Å². The van der Waals surface area contributed by atoms with E-state index in [0.717, 1.165) is 17.8 Å². The summed E-state index contributed by atoms with van der Waals surface area (Å²) in [4.78, 5) is 0. The zero-order valence-corrected chi connectivity index (χ0v) is 12.9. The van der Waals surface area contributed by atoms with E-state index in [1.54, 1.807) is 0 Å². The molecule has 0 radical (unpaired) electrons. The summed E-state index contributed by atoms with van der Waals surface area (Å²) in [6.07, 6.45) is 1.13. The van der Waals surface area contributed by atoms with Crippen LogP contribution < -0.4 is 5.32 Å². The van der Waals surface area contributed by atoms with Gasteiger partial charge in [-0.3, -0.25) is 0 Å². The van der Waals surface area contributed by atoms with Crippen molar-refractivity contribution in [3.05, 3.63) is 35.1 Å². The molecule has 0 aliphatic rings. The average molecular weight is 259 g/mol. The summed E-state index contributed by atoms with van der Waals surface area (Å²) in [6.45, 7) is 11.1. The average Bonchev–Trinajstić information content (AvgIpc) is 2.75. The summed E-state index contributed by atoms with van der Waals surface area (Å²) in [5.74, 6) is 1.05. The summed E-state index contributed by atoms with van der Waals surface area (Å²) in [7, 11) is 1.96. The molecule has 1 heterocycles. The van der Waals surface area contributed by atoms with E-state index in [-0.39, 0.29) is 11.5 Å². The Bertz CT molecular complexity index is 580. The normalized spacial score (nSPS) is 14.0. The molecule has 2 rings (SSSR count). The fourth-order valence-corrected chi connectivity index (χ4v) is 2.41. The van der Waals surface area contributed by atoms with E-state index < -0.39 is 0 Å². The molecular weight excluding hydrogens is 234 g/mol. The third kappa shape index (κ3) is 2.42. The second-order valence-corrected chi connectivity index (χ2v) is 6.05. The van der Waals surface area contributed by atoms with Crippen molar-refractivity contribution in [3.63, 3.8) is 0 Å². The van der Waals surface area contributed by atoms with E-state index in [4.69, 9.17) is 4.42 Å². The summed E-state index contributed by atoms with van der Waals surface area (Å²) in [5.41, 5.74) is 3.85. The quantitative estimate of drug-likeness (QED) is 0.860. The SMILES string of the molecule is CCC(C)(C)c1ccc2oc(C(C)NC)c(C)c2c1. The van der Waals surface area contributed by atoms with E-state index in [1.165, 1.54) is 16.5 Å². The molecule has 0 aliphatic carbocycles. The molecule has 104 valence electrons. The molecule has 0 saturated carbocycles. The van der Waals surface area contributed by atoms with Gasteiger partial charge in [0.05, 0.1) is 6.04 Å². The molecule has 1 atom stereocenters. The fourth-order valence-electron chi connectivity index (χ4n) is 2.41. The third-order valence-corrected chi connectivity index (χ3v) is 4.46. The molecule has 2 nitrogen and oxygen atoms in total. The van der Waals surface area contributed by atoms with Crippen molar-refractivity contribution in [2.75, 3.05) is 7.05 Å². The van der Waals surface area contributed by atoms with Crippen LogP contribution in [-0.2, 0) is 5.41 Å². The van der Waals surface area contributed by atoms with Gasteiger partial charge in [-0.2, -0.15) is 0 Å². The van der Waals surface area contributed by atoms with Crippen molar-refractivity contribution in [2.24, 2.45) is 0 Å². The highest BCUT2D eigenvalue weighted by Gasteiger charge is 2.21. The number of benzene rings is 1. The van der Waals surface area contributed by atoms with Gasteiger partial charge in [0.1, 0.15) is 11.3 Å². The Kier molecular flexibility index (Phi) is 3.73. The molecular formula is C17H25NO. The lowest BCUT2D eigenvalue weighted by Gasteiger charge is -2.23. The van der Waals surface area contributed by atoms with Gasteiger partial charge in [-0.05, 0) is 56.0 Å². The number of fused-ring (bicyclic) bond motifs is 1. The molecule has 0 saturated heterocycles. The second-order valence-electron chi connectivity index (χ2n) is 6.05. The number of hydrogen-bond donors (Lipinski definition) is 1. The van der Waals surface area contributed by atoms with E-state index in [2.05, 4.69) is 58.1 Å². The van der Waals surface area contributed by atoms with Crippen molar-refractivity contribution in [2.45, 2.75) is 52.5 Å². The standard InChI is InChI=1S/C17H25NO/c1-7-17(4,5)13-8-9-15-14(10-13)11(2)16(19-15)12(3)18-6/h8-10,12,18H,7H2,1-6H3. The Morgan fingerprint density at radius 2 is 2.00 bits per heavy atom. The van der Waals surface area contributed by atoms with Crippen LogP contribution in [-0.4, -0.2) is 7.05 Å². The molecule has 0 amide bonds. The molecule has 0 spiro atoms. The molecule has 2 aromatic rings. The van der Waals surface area contributed by atoms with Gasteiger partial charge in [0.25, 0.3) is 0 Å². The number of hydrogen-bond acceptors (Lipinski definition) is 2. The van der Waals surface area contributed by atoms with Gasteiger partial charge < -0.3 is 9.73 Å². The van der Waals surface area contributed by atoms with Crippen LogP contribution in [0.15, 0.2) is 22.6 Å². The van der Waals surface area contributed by atoms with Gasteiger partial charge in [0.2, 0.25) is 0 Å². The Morgan fingerprint density at radius 3 is 2.58 bits per heavy atom. The maximum Gasteiger partial charge on any atom is 0.134 e. The molecule has 0 aliphatic heterocycles. The minimum absolute atomic E-state index is 0.215. The van der Waals surface area contributed by atoms with Crippen LogP contribution in [0, 0.1) is 6.92 Å². The third-order valence-electron chi connectivity index (χ3n) is 4.46. The van der Waals surface area contributed by atoms with Gasteiger partial charge in [0.15, 0.2) is 0 Å². The first-order chi connectivity index (χ1) is 8.90. The van der Waals surface area contributed by atoms with Gasteiger partial charge in [-0.25, -0.2) is 0 Å². The van der Waals surface area contributed by atoms with Gasteiger partial charge in [-0.15, -0.1) is 0 Å². The van der Waals surface area contributed by atoms with Crippen molar-refractivity contribution >= 4 is 11.0 Å². The van der Waals surface area contributed by atoms with E-state index in [9.17, 15) is 0 Å². The second kappa shape index (κ2) is 5.01. The molecule has 1 aromatic carbocycles. The Hall–Kier alpha value is -1.28. The lowest BCUT2D eigenvalue weighted by atomic mass is 9.82. The lowest BCUT2D eigenvalue weighted by molar-refractivity contribution is 0.471. The highest BCUT2D eigenvalue weighted by molar-refractivity contribution is 5.83. The van der Waals surface area contributed by atoms with Crippen LogP contribution >= 0.6 is 0 Å². The Balaban J connectivity index is 2.57. The summed E-state index contributed by atoms with van der Waals surface area (Å²) >= 11 is 0. The highest BCUT2D eigenvalue weighted by atomic mass is 16.3. The largest absolute Gasteiger partial charge is 0.459 e. The predicted octanol–water partition coefficient (Wildman–Crippen LogP) is 4.71. The van der Waals surface area contributed by atoms with Gasteiger partial charge in [0, 0.05) is 5.39 Å². The Labute approximate surface area is 116 Å². The van der Waals surface area contributed by atoms with E-state index in [1.807, 2.05) is 7.05 Å². The molecule has 19 heavy (non-hydrogen) atoms. The first kappa shape index (κ1) is 14.1. The van der Waals surface area contributed by atoms with E-state index >= 15 is 0 Å². The molecule has 1 aromatic heterocycles. The van der Waals surface area contributed by atoms with Crippen LogP contribution in [0.3, 0.4) is 0 Å². The molecule has 0 fully saturated rings. The topological polar surface area (TPSA) is 25.2 Å². The number of aryl methyl sites for hydroxylation is 1. The molecule has 2 heteroatoms. The van der Waals surface area contributed by atoms with Crippen LogP contribution in [0.1, 0.15) is 57.0 Å². The summed E-state index contributed by atoms with van der Waals surface area (Å²) in [5, 5.41) is 4.49. The van der Waals surface area contributed by atoms with E-state index in [0.29, 0.717) is 0 Å². The zero-order chi connectivity index (χ0) is 14.2.